The van der Waals surface area contributed by atoms with Crippen LogP contribution >= 0.6 is 0 Å². The van der Waals surface area contributed by atoms with E-state index >= 15 is 0 Å². The van der Waals surface area contributed by atoms with Gasteiger partial charge in [-0.3, -0.25) is 4.79 Å². The largest absolute Gasteiger partial charge is 0.365 e. The second kappa shape index (κ2) is 3.77. The monoisotopic (exact) mass is 217 g/mol. The van der Waals surface area contributed by atoms with Gasteiger partial charge in [0.1, 0.15) is 5.82 Å². The molecule has 4 nitrogen and oxygen atoms in total. The van der Waals surface area contributed by atoms with Crippen LogP contribution in [0.4, 0.5) is 5.82 Å². The van der Waals surface area contributed by atoms with E-state index < -0.39 is 0 Å². The maximum atomic E-state index is 11.1. The van der Waals surface area contributed by atoms with E-state index in [1.807, 2.05) is 6.07 Å². The van der Waals surface area contributed by atoms with Crippen LogP contribution in [-0.2, 0) is 17.6 Å². The van der Waals surface area contributed by atoms with Gasteiger partial charge in [-0.25, -0.2) is 4.98 Å². The average Bonchev–Trinajstić information content (AvgIpc) is 2.87. The molecule has 3 rings (SSSR count). The minimum atomic E-state index is 0.124. The highest BCUT2D eigenvalue weighted by atomic mass is 16.1. The molecule has 2 N–H and O–H groups in total. The number of nitrogens with one attached hydrogen (secondary N) is 2. The number of fused-ring (bicyclic) bond motifs is 1. The second-order valence-electron chi connectivity index (χ2n) is 4.51. The standard InChI is InChI=1S/C12H15N3O/c16-12-6-9(7-13-12)14-11-5-4-8-2-1-3-10(8)15-11/h4-5,9H,1-3,6-7H2,(H,13,16)(H,14,15). The van der Waals surface area contributed by atoms with Gasteiger partial charge in [0.2, 0.25) is 5.91 Å². The lowest BCUT2D eigenvalue weighted by atomic mass is 10.2. The molecule has 2 heterocycles. The first-order chi connectivity index (χ1) is 7.81. The number of pyridine rings is 1. The molecule has 16 heavy (non-hydrogen) atoms. The molecule has 0 aromatic carbocycles. The smallest absolute Gasteiger partial charge is 0.222 e. The van der Waals surface area contributed by atoms with E-state index in [-0.39, 0.29) is 11.9 Å². The third-order valence-electron chi connectivity index (χ3n) is 3.26. The van der Waals surface area contributed by atoms with Gasteiger partial charge in [-0.15, -0.1) is 0 Å². The van der Waals surface area contributed by atoms with Crippen LogP contribution in [-0.4, -0.2) is 23.5 Å². The Labute approximate surface area is 94.5 Å². The van der Waals surface area contributed by atoms with Crippen LogP contribution in [0.3, 0.4) is 0 Å². The number of nitrogens with zero attached hydrogens (tertiary/aromatic N) is 1. The molecular weight excluding hydrogens is 202 g/mol. The fourth-order valence-corrected chi connectivity index (χ4v) is 2.42. The van der Waals surface area contributed by atoms with Gasteiger partial charge in [0.15, 0.2) is 0 Å². The SMILES string of the molecule is O=C1CC(Nc2ccc3c(n2)CCC3)CN1. The third-order valence-corrected chi connectivity index (χ3v) is 3.26. The third kappa shape index (κ3) is 1.75. The first-order valence-corrected chi connectivity index (χ1v) is 5.83. The van der Waals surface area contributed by atoms with Crippen molar-refractivity contribution in [1.29, 1.82) is 0 Å². The van der Waals surface area contributed by atoms with Crippen molar-refractivity contribution >= 4 is 11.7 Å². The molecule has 1 aliphatic heterocycles. The Morgan fingerprint density at radius 1 is 1.38 bits per heavy atom. The van der Waals surface area contributed by atoms with Gasteiger partial charge in [0, 0.05) is 18.7 Å². The van der Waals surface area contributed by atoms with Gasteiger partial charge in [0.25, 0.3) is 0 Å². The van der Waals surface area contributed by atoms with E-state index in [9.17, 15) is 4.79 Å². The summed E-state index contributed by atoms with van der Waals surface area (Å²) in [4.78, 5) is 15.7. The van der Waals surface area contributed by atoms with Gasteiger partial charge in [-0.2, -0.15) is 0 Å². The molecule has 0 radical (unpaired) electrons. The molecule has 0 saturated carbocycles. The summed E-state index contributed by atoms with van der Waals surface area (Å²) in [6, 6.07) is 4.37. The lowest BCUT2D eigenvalue weighted by molar-refractivity contribution is -0.119. The Morgan fingerprint density at radius 2 is 2.31 bits per heavy atom. The van der Waals surface area contributed by atoms with Gasteiger partial charge >= 0.3 is 0 Å². The van der Waals surface area contributed by atoms with Crippen molar-refractivity contribution in [3.05, 3.63) is 23.4 Å². The molecule has 1 aliphatic carbocycles. The Morgan fingerprint density at radius 3 is 3.12 bits per heavy atom. The maximum absolute atomic E-state index is 11.1. The summed E-state index contributed by atoms with van der Waals surface area (Å²) in [6.45, 7) is 0.706. The molecule has 1 atom stereocenters. The zero-order valence-electron chi connectivity index (χ0n) is 9.12. The van der Waals surface area contributed by atoms with Gasteiger partial charge in [0.05, 0.1) is 6.04 Å². The summed E-state index contributed by atoms with van der Waals surface area (Å²) < 4.78 is 0. The molecule has 1 fully saturated rings. The molecule has 0 bridgehead atoms. The fourth-order valence-electron chi connectivity index (χ4n) is 2.42. The zero-order chi connectivity index (χ0) is 11.0. The molecule has 1 unspecified atom stereocenters. The van der Waals surface area contributed by atoms with Crippen molar-refractivity contribution < 1.29 is 4.79 Å². The van der Waals surface area contributed by atoms with Crippen molar-refractivity contribution in [2.24, 2.45) is 0 Å². The van der Waals surface area contributed by atoms with Gasteiger partial charge in [-0.1, -0.05) is 6.07 Å². The number of aryl methyl sites for hydroxylation is 2. The number of carbonyl (C=O) groups excluding carboxylic acids is 1. The van der Waals surface area contributed by atoms with Gasteiger partial charge < -0.3 is 10.6 Å². The van der Waals surface area contributed by atoms with E-state index in [1.165, 1.54) is 17.7 Å². The molecule has 1 aromatic heterocycles. The zero-order valence-corrected chi connectivity index (χ0v) is 9.12. The Bertz CT molecular complexity index is 430. The van der Waals surface area contributed by atoms with Crippen LogP contribution in [0.5, 0.6) is 0 Å². The minimum Gasteiger partial charge on any atom is -0.365 e. The van der Waals surface area contributed by atoms with Crippen LogP contribution in [0.1, 0.15) is 24.1 Å². The molecule has 1 saturated heterocycles. The molecule has 1 amide bonds. The average molecular weight is 217 g/mol. The number of rotatable bonds is 2. The highest BCUT2D eigenvalue weighted by molar-refractivity contribution is 5.79. The Kier molecular flexibility index (Phi) is 2.27. The normalized spacial score (nSPS) is 23.0. The summed E-state index contributed by atoms with van der Waals surface area (Å²) in [7, 11) is 0. The molecule has 1 aromatic rings. The number of amides is 1. The summed E-state index contributed by atoms with van der Waals surface area (Å²) in [6.07, 6.45) is 4.02. The first kappa shape index (κ1) is 9.63. The van der Waals surface area contributed by atoms with Crippen molar-refractivity contribution in [3.63, 3.8) is 0 Å². The van der Waals surface area contributed by atoms with E-state index in [4.69, 9.17) is 0 Å². The summed E-state index contributed by atoms with van der Waals surface area (Å²) >= 11 is 0. The summed E-state index contributed by atoms with van der Waals surface area (Å²) in [5, 5.41) is 6.12. The van der Waals surface area contributed by atoms with Crippen LogP contribution in [0.15, 0.2) is 12.1 Å². The first-order valence-electron chi connectivity index (χ1n) is 5.83. The van der Waals surface area contributed by atoms with E-state index in [2.05, 4.69) is 21.7 Å². The van der Waals surface area contributed by atoms with Crippen molar-refractivity contribution in [2.45, 2.75) is 31.7 Å². The van der Waals surface area contributed by atoms with E-state index in [0.29, 0.717) is 13.0 Å². The van der Waals surface area contributed by atoms with Crippen molar-refractivity contribution in [3.8, 4) is 0 Å². The highest BCUT2D eigenvalue weighted by Crippen LogP contribution is 2.22. The number of carbonyl (C=O) groups is 1. The summed E-state index contributed by atoms with van der Waals surface area (Å²) in [5.41, 5.74) is 2.61. The highest BCUT2D eigenvalue weighted by Gasteiger charge is 2.21. The molecular formula is C12H15N3O. The fraction of sp³-hybridized carbons (Fsp3) is 0.500. The predicted octanol–water partition coefficient (Wildman–Crippen LogP) is 0.871. The van der Waals surface area contributed by atoms with Crippen LogP contribution in [0.25, 0.3) is 0 Å². The number of aromatic nitrogens is 1. The number of hydrogen-bond donors (Lipinski definition) is 2. The molecule has 0 spiro atoms. The summed E-state index contributed by atoms with van der Waals surface area (Å²) in [5.74, 6) is 1.03. The Hall–Kier alpha value is -1.58. The molecule has 4 heteroatoms. The van der Waals surface area contributed by atoms with Crippen molar-refractivity contribution in [1.82, 2.24) is 10.3 Å². The van der Waals surface area contributed by atoms with Crippen LogP contribution < -0.4 is 10.6 Å². The van der Waals surface area contributed by atoms with E-state index in [0.717, 1.165) is 18.7 Å². The van der Waals surface area contributed by atoms with E-state index in [1.54, 1.807) is 0 Å². The van der Waals surface area contributed by atoms with Gasteiger partial charge in [-0.05, 0) is 30.9 Å². The Balaban J connectivity index is 1.73. The molecule has 84 valence electrons. The van der Waals surface area contributed by atoms with Crippen LogP contribution in [0, 0.1) is 0 Å². The van der Waals surface area contributed by atoms with Crippen LogP contribution in [0.2, 0.25) is 0 Å². The maximum Gasteiger partial charge on any atom is 0.222 e. The topological polar surface area (TPSA) is 54.0 Å². The lowest BCUT2D eigenvalue weighted by Gasteiger charge is -2.11. The minimum absolute atomic E-state index is 0.124. The number of anilines is 1. The predicted molar refractivity (Wildman–Crippen MR) is 61.3 cm³/mol. The second-order valence-corrected chi connectivity index (χ2v) is 4.51. The van der Waals surface area contributed by atoms with Crippen molar-refractivity contribution in [2.75, 3.05) is 11.9 Å². The lowest BCUT2D eigenvalue weighted by Crippen LogP contribution is -2.23. The number of hydrogen-bond acceptors (Lipinski definition) is 3. The quantitative estimate of drug-likeness (QED) is 0.773. The molecule has 2 aliphatic rings.